The molecule has 0 spiro atoms. The summed E-state index contributed by atoms with van der Waals surface area (Å²) in [7, 11) is 0. The van der Waals surface area contributed by atoms with E-state index in [1.165, 1.54) is 30.5 Å². The minimum Gasteiger partial charge on any atom is -0.456 e. The van der Waals surface area contributed by atoms with E-state index >= 15 is 0 Å². The number of anilines is 1. The summed E-state index contributed by atoms with van der Waals surface area (Å²) in [5.74, 6) is -3.19. The Hall–Kier alpha value is -5.38. The number of nitro groups is 1. The number of hydrazone groups is 1. The molecule has 3 aliphatic carbocycles. The first-order valence-electron chi connectivity index (χ1n) is 13.1. The van der Waals surface area contributed by atoms with Gasteiger partial charge in [-0.3, -0.25) is 24.5 Å². The van der Waals surface area contributed by atoms with Crippen LogP contribution in [-0.2, 0) is 15.0 Å². The van der Waals surface area contributed by atoms with Gasteiger partial charge in [0.25, 0.3) is 5.69 Å². The van der Waals surface area contributed by atoms with Crippen LogP contribution in [0, 0.1) is 28.9 Å². The molecule has 1 fully saturated rings. The minimum atomic E-state index is -1.23. The molecular weight excluding hydrogens is 524 g/mol. The first kappa shape index (κ1) is 24.6. The standard InChI is InChI=1S/C31H22N4O6/c1-17-14-15-24(41-17)28(36)33-32-16-31-20-10-4-2-8-18(20)25(19-9-3-5-11-21(19)31)26-27(31)30(38)34(29(26)37)22-12-6-7-13-23(22)35(39)40/h2-16,25-27H,1H3,(H,33,36)/b32-16-/t25?,26-,27+,31?/m1/s1. The lowest BCUT2D eigenvalue weighted by Crippen LogP contribution is -2.54. The summed E-state index contributed by atoms with van der Waals surface area (Å²) < 4.78 is 5.41. The number of hydrogen-bond acceptors (Lipinski definition) is 7. The molecule has 0 saturated carbocycles. The molecule has 1 N–H and O–H groups in total. The SMILES string of the molecule is Cc1ccc(C(=O)N/N=C\C23c4ccccc4C(c4ccccc42)[C@H]2C(=O)N(c4ccccc4[N+](=O)[O-])C(=O)[C@H]23)o1. The third-order valence-electron chi connectivity index (χ3n) is 8.40. The maximum absolute atomic E-state index is 14.4. The topological polar surface area (TPSA) is 135 Å². The summed E-state index contributed by atoms with van der Waals surface area (Å²) in [5, 5.41) is 16.2. The average Bonchev–Trinajstić information content (AvgIpc) is 3.54. The van der Waals surface area contributed by atoms with E-state index in [-0.39, 0.29) is 17.1 Å². The number of furan rings is 1. The number of benzene rings is 3. The fraction of sp³-hybridized carbons (Fsp3) is 0.161. The van der Waals surface area contributed by atoms with Crippen molar-refractivity contribution >= 4 is 35.3 Å². The number of amides is 3. The summed E-state index contributed by atoms with van der Waals surface area (Å²) in [6, 6.07) is 24.1. The highest BCUT2D eigenvalue weighted by atomic mass is 16.6. The summed E-state index contributed by atoms with van der Waals surface area (Å²) in [4.78, 5) is 53.6. The Balaban J connectivity index is 1.42. The van der Waals surface area contributed by atoms with Gasteiger partial charge in [0.2, 0.25) is 11.8 Å². The van der Waals surface area contributed by atoms with Crippen LogP contribution < -0.4 is 10.3 Å². The van der Waals surface area contributed by atoms with Gasteiger partial charge in [-0.05, 0) is 47.4 Å². The molecule has 1 saturated heterocycles. The summed E-state index contributed by atoms with van der Waals surface area (Å²) >= 11 is 0. The van der Waals surface area contributed by atoms with E-state index in [1.807, 2.05) is 48.5 Å². The van der Waals surface area contributed by atoms with Gasteiger partial charge < -0.3 is 4.42 Å². The molecule has 4 aromatic rings. The number of rotatable bonds is 5. The van der Waals surface area contributed by atoms with Gasteiger partial charge in [-0.2, -0.15) is 5.10 Å². The van der Waals surface area contributed by atoms with Crippen molar-refractivity contribution in [3.8, 4) is 0 Å². The monoisotopic (exact) mass is 546 g/mol. The van der Waals surface area contributed by atoms with Crippen molar-refractivity contribution in [2.75, 3.05) is 4.90 Å². The summed E-state index contributed by atoms with van der Waals surface area (Å²) in [6.45, 7) is 1.72. The number of nitrogens with one attached hydrogen (secondary N) is 1. The molecule has 0 radical (unpaired) electrons. The number of imide groups is 1. The maximum Gasteiger partial charge on any atom is 0.307 e. The molecule has 3 amide bonds. The molecular formula is C31H22N4O6. The van der Waals surface area contributed by atoms with Gasteiger partial charge >= 0.3 is 5.91 Å². The van der Waals surface area contributed by atoms with Crippen LogP contribution in [0.1, 0.15) is 44.5 Å². The van der Waals surface area contributed by atoms with E-state index in [4.69, 9.17) is 4.42 Å². The Bertz CT molecular complexity index is 1780. The normalized spacial score (nSPS) is 23.8. The predicted molar refractivity (Wildman–Crippen MR) is 147 cm³/mol. The first-order chi connectivity index (χ1) is 19.8. The van der Waals surface area contributed by atoms with E-state index in [0.29, 0.717) is 5.76 Å². The number of aryl methyl sites for hydroxylation is 1. The van der Waals surface area contributed by atoms with Crippen LogP contribution in [0.5, 0.6) is 0 Å². The lowest BCUT2D eigenvalue weighted by atomic mass is 9.47. The number of nitro benzene ring substituents is 1. The molecule has 8 rings (SSSR count). The summed E-state index contributed by atoms with van der Waals surface area (Å²) in [5.41, 5.74) is 4.21. The smallest absolute Gasteiger partial charge is 0.307 e. The van der Waals surface area contributed by atoms with Gasteiger partial charge in [-0.15, -0.1) is 0 Å². The molecule has 10 heteroatoms. The highest BCUT2D eigenvalue weighted by Crippen LogP contribution is 2.63. The van der Waals surface area contributed by atoms with E-state index in [2.05, 4.69) is 10.5 Å². The van der Waals surface area contributed by atoms with Gasteiger partial charge in [0.15, 0.2) is 5.76 Å². The fourth-order valence-electron chi connectivity index (χ4n) is 6.90. The number of carbonyl (C=O) groups is 3. The molecule has 10 nitrogen and oxygen atoms in total. The van der Waals surface area contributed by atoms with E-state index in [9.17, 15) is 24.5 Å². The zero-order chi connectivity index (χ0) is 28.5. The number of hydrogen-bond donors (Lipinski definition) is 1. The molecule has 4 aliphatic rings. The van der Waals surface area contributed by atoms with E-state index < -0.39 is 45.8 Å². The predicted octanol–water partition coefficient (Wildman–Crippen LogP) is 4.46. The molecule has 0 unspecified atom stereocenters. The van der Waals surface area contributed by atoms with Gasteiger partial charge in [0.05, 0.1) is 22.2 Å². The maximum atomic E-state index is 14.4. The lowest BCUT2D eigenvalue weighted by Gasteiger charge is -2.52. The second kappa shape index (κ2) is 8.82. The van der Waals surface area contributed by atoms with Crippen LogP contribution in [0.4, 0.5) is 11.4 Å². The Morgan fingerprint density at radius 2 is 1.59 bits per heavy atom. The Morgan fingerprint density at radius 1 is 0.951 bits per heavy atom. The average molecular weight is 547 g/mol. The number of nitrogens with zero attached hydrogens (tertiary/aromatic N) is 3. The van der Waals surface area contributed by atoms with Crippen LogP contribution in [0.2, 0.25) is 0 Å². The van der Waals surface area contributed by atoms with Crippen molar-refractivity contribution < 1.29 is 23.7 Å². The fourth-order valence-corrected chi connectivity index (χ4v) is 6.90. The summed E-state index contributed by atoms with van der Waals surface area (Å²) in [6.07, 6.45) is 1.53. The molecule has 2 bridgehead atoms. The Kier molecular flexibility index (Phi) is 5.30. The van der Waals surface area contributed by atoms with Crippen molar-refractivity contribution in [1.82, 2.24) is 5.43 Å². The van der Waals surface area contributed by atoms with Crippen molar-refractivity contribution in [2.24, 2.45) is 16.9 Å². The third-order valence-corrected chi connectivity index (χ3v) is 8.40. The zero-order valence-electron chi connectivity index (χ0n) is 21.7. The Labute approximate surface area is 233 Å². The lowest BCUT2D eigenvalue weighted by molar-refractivity contribution is -0.384. The van der Waals surface area contributed by atoms with Gasteiger partial charge in [0.1, 0.15) is 11.4 Å². The number of para-hydroxylation sites is 2. The van der Waals surface area contributed by atoms with Gasteiger partial charge in [-0.25, -0.2) is 10.3 Å². The molecule has 1 aliphatic heterocycles. The molecule has 1 aromatic heterocycles. The quantitative estimate of drug-likeness (QED) is 0.170. The second-order valence-electron chi connectivity index (χ2n) is 10.4. The van der Waals surface area contributed by atoms with Crippen LogP contribution in [0.15, 0.2) is 94.4 Å². The first-order valence-corrected chi connectivity index (χ1v) is 13.1. The highest BCUT2D eigenvalue weighted by Gasteiger charge is 2.68. The van der Waals surface area contributed by atoms with E-state index in [1.54, 1.807) is 19.1 Å². The molecule has 2 atom stereocenters. The van der Waals surface area contributed by atoms with Crippen LogP contribution in [0.3, 0.4) is 0 Å². The third kappa shape index (κ3) is 3.30. The molecule has 3 aromatic carbocycles. The number of carbonyl (C=O) groups excluding carboxylic acids is 3. The van der Waals surface area contributed by atoms with Crippen molar-refractivity contribution in [3.05, 3.63) is 129 Å². The van der Waals surface area contributed by atoms with Crippen LogP contribution in [0.25, 0.3) is 0 Å². The van der Waals surface area contributed by atoms with Gasteiger partial charge in [-0.1, -0.05) is 60.7 Å². The largest absolute Gasteiger partial charge is 0.456 e. The second-order valence-corrected chi connectivity index (χ2v) is 10.4. The van der Waals surface area contributed by atoms with Crippen molar-refractivity contribution in [2.45, 2.75) is 18.3 Å². The van der Waals surface area contributed by atoms with E-state index in [0.717, 1.165) is 27.2 Å². The van der Waals surface area contributed by atoms with Crippen molar-refractivity contribution in [1.29, 1.82) is 0 Å². The van der Waals surface area contributed by atoms with Crippen LogP contribution >= 0.6 is 0 Å². The molecule has 2 heterocycles. The Morgan fingerprint density at radius 3 is 2.22 bits per heavy atom. The van der Waals surface area contributed by atoms with Gasteiger partial charge in [0, 0.05) is 18.2 Å². The van der Waals surface area contributed by atoms with Crippen LogP contribution in [-0.4, -0.2) is 28.9 Å². The highest BCUT2D eigenvalue weighted by molar-refractivity contribution is 6.25. The zero-order valence-corrected chi connectivity index (χ0v) is 21.7. The molecule has 202 valence electrons. The molecule has 41 heavy (non-hydrogen) atoms. The minimum absolute atomic E-state index is 0.0667. The van der Waals surface area contributed by atoms with Crippen molar-refractivity contribution in [3.63, 3.8) is 0 Å².